The molecule has 2 aliphatic rings. The van der Waals surface area contributed by atoms with Gasteiger partial charge in [-0.1, -0.05) is 48.6 Å². The molecule has 4 rings (SSSR count). The van der Waals surface area contributed by atoms with E-state index in [0.29, 0.717) is 5.56 Å². The molecular weight excluding hydrogens is 514 g/mol. The van der Waals surface area contributed by atoms with Crippen molar-refractivity contribution in [3.63, 3.8) is 0 Å². The van der Waals surface area contributed by atoms with E-state index in [-0.39, 0.29) is 35.6 Å². The van der Waals surface area contributed by atoms with Crippen LogP contribution in [0.3, 0.4) is 0 Å². The van der Waals surface area contributed by atoms with Crippen molar-refractivity contribution in [3.8, 4) is 5.75 Å². The molecule has 4 atom stereocenters. The smallest absolute Gasteiger partial charge is 0.254 e. The topological polar surface area (TPSA) is 119 Å². The van der Waals surface area contributed by atoms with Crippen molar-refractivity contribution in [2.75, 3.05) is 5.88 Å². The van der Waals surface area contributed by atoms with Crippen molar-refractivity contribution in [1.82, 2.24) is 15.5 Å². The number of benzene rings is 2. The fourth-order valence-corrected chi connectivity index (χ4v) is 6.31. The Morgan fingerprint density at radius 1 is 1.13 bits per heavy atom. The Balaban J connectivity index is 1.57. The van der Waals surface area contributed by atoms with Gasteiger partial charge in [-0.05, 0) is 64.2 Å². The van der Waals surface area contributed by atoms with Gasteiger partial charge < -0.3 is 25.7 Å². The van der Waals surface area contributed by atoms with E-state index in [9.17, 15) is 24.6 Å². The number of hydrogen-bond donors (Lipinski definition) is 4. The van der Waals surface area contributed by atoms with E-state index >= 15 is 0 Å². The predicted octanol–water partition coefficient (Wildman–Crippen LogP) is 3.31. The minimum absolute atomic E-state index is 0.0168. The minimum Gasteiger partial charge on any atom is -0.508 e. The van der Waals surface area contributed by atoms with Crippen molar-refractivity contribution in [1.29, 1.82) is 0 Å². The van der Waals surface area contributed by atoms with E-state index in [0.717, 1.165) is 24.8 Å². The molecule has 0 bridgehead atoms. The standard InChI is InChI=1S/C30H37N3O5S/c1-19-22(15-10-16-24(19)34)27(36)32-23(17-20-11-6-4-7-12-20)25(35)29(38)33-18-39-30(2,3)26(33)28(37)31-21-13-8-5-9-14-21/h4,6-8,10-13,15-16,21,23,25-26,34-35H,5,9,14,17-18H2,1-3H3,(H,31,37)(H,32,36)/t21-,23-,25-,26+/m0/s1. The highest BCUT2D eigenvalue weighted by Gasteiger charge is 2.50. The minimum atomic E-state index is -1.59. The first kappa shape index (κ1) is 28.7. The molecule has 1 aliphatic carbocycles. The molecular formula is C30H37N3O5S. The lowest BCUT2D eigenvalue weighted by atomic mass is 9.96. The molecule has 2 aromatic carbocycles. The fourth-order valence-electron chi connectivity index (χ4n) is 5.17. The first-order chi connectivity index (χ1) is 18.6. The zero-order valence-corrected chi connectivity index (χ0v) is 23.4. The molecule has 1 aliphatic heterocycles. The molecule has 0 spiro atoms. The molecule has 2 aromatic rings. The molecule has 8 nitrogen and oxygen atoms in total. The van der Waals surface area contributed by atoms with Gasteiger partial charge in [0.05, 0.1) is 11.9 Å². The predicted molar refractivity (Wildman–Crippen MR) is 152 cm³/mol. The largest absolute Gasteiger partial charge is 0.508 e. The highest BCUT2D eigenvalue weighted by atomic mass is 32.2. The average molecular weight is 552 g/mol. The number of hydrogen-bond acceptors (Lipinski definition) is 6. The van der Waals surface area contributed by atoms with Crippen LogP contribution in [0.25, 0.3) is 0 Å². The number of nitrogens with one attached hydrogen (secondary N) is 2. The Kier molecular flexibility index (Phi) is 9.02. The monoisotopic (exact) mass is 551 g/mol. The Labute approximate surface area is 233 Å². The number of thioether (sulfide) groups is 1. The number of aliphatic hydroxyl groups excluding tert-OH is 1. The highest BCUT2D eigenvalue weighted by molar-refractivity contribution is 8.00. The summed E-state index contributed by atoms with van der Waals surface area (Å²) in [5.41, 5.74) is 1.49. The third kappa shape index (κ3) is 6.65. The maximum Gasteiger partial charge on any atom is 0.254 e. The van der Waals surface area contributed by atoms with Gasteiger partial charge in [0.1, 0.15) is 11.8 Å². The third-order valence-corrected chi connectivity index (χ3v) is 8.83. The second-order valence-electron chi connectivity index (χ2n) is 10.7. The van der Waals surface area contributed by atoms with E-state index in [1.54, 1.807) is 19.1 Å². The lowest BCUT2D eigenvalue weighted by molar-refractivity contribution is -0.147. The third-order valence-electron chi connectivity index (χ3n) is 7.46. The number of allylic oxidation sites excluding steroid dienone is 1. The van der Waals surface area contributed by atoms with E-state index in [1.807, 2.05) is 50.3 Å². The maximum atomic E-state index is 13.8. The van der Waals surface area contributed by atoms with Crippen LogP contribution >= 0.6 is 11.8 Å². The normalized spacial score (nSPS) is 21.7. The van der Waals surface area contributed by atoms with Gasteiger partial charge in [0.2, 0.25) is 5.91 Å². The second kappa shape index (κ2) is 12.3. The molecule has 1 saturated heterocycles. The molecule has 9 heteroatoms. The molecule has 3 amide bonds. The maximum absolute atomic E-state index is 13.8. The summed E-state index contributed by atoms with van der Waals surface area (Å²) in [7, 11) is 0. The summed E-state index contributed by atoms with van der Waals surface area (Å²) < 4.78 is -0.561. The summed E-state index contributed by atoms with van der Waals surface area (Å²) in [6.45, 7) is 5.48. The summed E-state index contributed by atoms with van der Waals surface area (Å²) in [4.78, 5) is 41.9. The number of phenols is 1. The number of carbonyl (C=O) groups is 3. The van der Waals surface area contributed by atoms with Crippen LogP contribution in [0.5, 0.6) is 5.75 Å². The molecule has 0 unspecified atom stereocenters. The van der Waals surface area contributed by atoms with Crippen LogP contribution in [0, 0.1) is 6.92 Å². The molecule has 4 N–H and O–H groups in total. The van der Waals surface area contributed by atoms with Crippen LogP contribution < -0.4 is 10.6 Å². The lowest BCUT2D eigenvalue weighted by Crippen LogP contribution is -2.59. The lowest BCUT2D eigenvalue weighted by Gasteiger charge is -2.34. The Morgan fingerprint density at radius 3 is 2.56 bits per heavy atom. The van der Waals surface area contributed by atoms with Gasteiger partial charge in [-0.25, -0.2) is 0 Å². The quantitative estimate of drug-likeness (QED) is 0.374. The van der Waals surface area contributed by atoms with Crippen LogP contribution in [0.4, 0.5) is 0 Å². The number of aliphatic hydroxyl groups is 1. The summed E-state index contributed by atoms with van der Waals surface area (Å²) in [5.74, 6) is -1.14. The highest BCUT2D eigenvalue weighted by Crippen LogP contribution is 2.40. The van der Waals surface area contributed by atoms with Crippen molar-refractivity contribution in [2.24, 2.45) is 0 Å². The Morgan fingerprint density at radius 2 is 1.87 bits per heavy atom. The van der Waals surface area contributed by atoms with Crippen molar-refractivity contribution in [3.05, 3.63) is 77.4 Å². The van der Waals surface area contributed by atoms with Crippen LogP contribution in [0.1, 0.15) is 54.6 Å². The first-order valence-electron chi connectivity index (χ1n) is 13.3. The summed E-state index contributed by atoms with van der Waals surface area (Å²) in [6.07, 6.45) is 5.48. The number of nitrogens with zero attached hydrogens (tertiary/aromatic N) is 1. The van der Waals surface area contributed by atoms with E-state index in [2.05, 4.69) is 16.7 Å². The van der Waals surface area contributed by atoms with Crippen molar-refractivity contribution < 1.29 is 24.6 Å². The zero-order valence-electron chi connectivity index (χ0n) is 22.6. The van der Waals surface area contributed by atoms with E-state index < -0.39 is 34.7 Å². The fraction of sp³-hybridized carbons (Fsp3) is 0.433. The molecule has 208 valence electrons. The Bertz CT molecular complexity index is 1230. The number of carbonyl (C=O) groups excluding carboxylic acids is 3. The number of amides is 3. The number of rotatable bonds is 8. The summed E-state index contributed by atoms with van der Waals surface area (Å²) in [6, 6.07) is 12.1. The van der Waals surface area contributed by atoms with Crippen LogP contribution in [-0.2, 0) is 16.0 Å². The molecule has 39 heavy (non-hydrogen) atoms. The zero-order chi connectivity index (χ0) is 28.2. The summed E-state index contributed by atoms with van der Waals surface area (Å²) in [5, 5.41) is 27.4. The number of phenolic OH excluding ortho intramolecular Hbond substituents is 1. The van der Waals surface area contributed by atoms with Crippen LogP contribution in [0.15, 0.2) is 60.7 Å². The SMILES string of the molecule is Cc1c(O)cccc1C(=O)N[C@@H](Cc1ccccc1)[C@H](O)C(=O)N1CSC(C)(C)[C@H]1C(=O)N[C@H]1C=CCCC1. The van der Waals surface area contributed by atoms with Crippen LogP contribution in [-0.4, -0.2) is 67.7 Å². The van der Waals surface area contributed by atoms with Crippen molar-refractivity contribution in [2.45, 2.75) is 75.4 Å². The van der Waals surface area contributed by atoms with E-state index in [4.69, 9.17) is 0 Å². The average Bonchev–Trinajstić information content (AvgIpc) is 3.25. The number of aromatic hydroxyl groups is 1. The molecule has 1 fully saturated rings. The van der Waals surface area contributed by atoms with Gasteiger partial charge in [-0.3, -0.25) is 14.4 Å². The van der Waals surface area contributed by atoms with Gasteiger partial charge in [-0.15, -0.1) is 11.8 Å². The molecule has 0 radical (unpaired) electrons. The van der Waals surface area contributed by atoms with Gasteiger partial charge in [0.25, 0.3) is 11.8 Å². The van der Waals surface area contributed by atoms with E-state index in [1.165, 1.54) is 22.7 Å². The second-order valence-corrected chi connectivity index (χ2v) is 12.3. The Hall–Kier alpha value is -3.30. The van der Waals surface area contributed by atoms with Gasteiger partial charge in [0, 0.05) is 21.9 Å². The molecule has 0 saturated carbocycles. The first-order valence-corrected chi connectivity index (χ1v) is 14.3. The van der Waals surface area contributed by atoms with Gasteiger partial charge >= 0.3 is 0 Å². The summed E-state index contributed by atoms with van der Waals surface area (Å²) >= 11 is 1.48. The van der Waals surface area contributed by atoms with Gasteiger partial charge in [0.15, 0.2) is 6.10 Å². The molecule has 0 aromatic heterocycles. The molecule has 1 heterocycles. The van der Waals surface area contributed by atoms with Gasteiger partial charge in [-0.2, -0.15) is 0 Å². The van der Waals surface area contributed by atoms with Crippen molar-refractivity contribution >= 4 is 29.5 Å². The van der Waals surface area contributed by atoms with Crippen LogP contribution in [0.2, 0.25) is 0 Å².